The first kappa shape index (κ1) is 30.7. The normalized spacial score (nSPS) is 11.4. The summed E-state index contributed by atoms with van der Waals surface area (Å²) in [6, 6.07) is 68.1. The fraction of sp³-hybridized carbons (Fsp3) is 0. The van der Waals surface area contributed by atoms with Crippen LogP contribution in [0.2, 0.25) is 0 Å². The average Bonchev–Trinajstić information content (AvgIpc) is 3.62. The van der Waals surface area contributed by atoms with Crippen molar-refractivity contribution in [2.24, 2.45) is 0 Å². The van der Waals surface area contributed by atoms with E-state index in [-0.39, 0.29) is 0 Å². The maximum atomic E-state index is 6.35. The van der Waals surface area contributed by atoms with E-state index in [0.717, 1.165) is 66.7 Å². The van der Waals surface area contributed by atoms with Crippen molar-refractivity contribution in [1.29, 1.82) is 0 Å². The van der Waals surface area contributed by atoms with E-state index in [2.05, 4.69) is 158 Å². The van der Waals surface area contributed by atoms with E-state index in [1.54, 1.807) is 0 Å². The first-order valence-corrected chi connectivity index (χ1v) is 17.9. The van der Waals surface area contributed by atoms with Crippen LogP contribution >= 0.6 is 0 Å². The van der Waals surface area contributed by atoms with Crippen LogP contribution in [0.15, 0.2) is 199 Å². The second kappa shape index (κ2) is 12.9. The Labute approximate surface area is 307 Å². The van der Waals surface area contributed by atoms with Crippen LogP contribution in [0.5, 0.6) is 0 Å². The Morgan fingerprint density at radius 3 is 1.68 bits per heavy atom. The Hall–Kier alpha value is -7.10. The maximum Gasteiger partial charge on any atom is 0.160 e. The molecule has 3 heteroatoms. The molecule has 3 nitrogen and oxygen atoms in total. The van der Waals surface area contributed by atoms with Crippen molar-refractivity contribution in [3.63, 3.8) is 0 Å². The largest absolute Gasteiger partial charge is 0.456 e. The second-order valence-electron chi connectivity index (χ2n) is 13.4. The predicted molar refractivity (Wildman–Crippen MR) is 219 cm³/mol. The monoisotopic (exact) mass is 676 g/mol. The lowest BCUT2D eigenvalue weighted by atomic mass is 9.92. The van der Waals surface area contributed by atoms with Crippen molar-refractivity contribution >= 4 is 32.7 Å². The lowest BCUT2D eigenvalue weighted by Gasteiger charge is -2.14. The Morgan fingerprint density at radius 1 is 0.302 bits per heavy atom. The number of benzene rings is 8. The van der Waals surface area contributed by atoms with Crippen LogP contribution < -0.4 is 0 Å². The van der Waals surface area contributed by atoms with Gasteiger partial charge in [-0.3, -0.25) is 0 Å². The number of rotatable bonds is 6. The van der Waals surface area contributed by atoms with Crippen LogP contribution in [0.3, 0.4) is 0 Å². The molecule has 2 heterocycles. The van der Waals surface area contributed by atoms with Crippen molar-refractivity contribution < 1.29 is 4.42 Å². The lowest BCUT2D eigenvalue weighted by molar-refractivity contribution is 0.669. The van der Waals surface area contributed by atoms with Gasteiger partial charge in [0.25, 0.3) is 0 Å². The van der Waals surface area contributed by atoms with Crippen molar-refractivity contribution in [2.75, 3.05) is 0 Å². The van der Waals surface area contributed by atoms with Crippen molar-refractivity contribution in [3.05, 3.63) is 194 Å². The minimum atomic E-state index is 0.686. The minimum Gasteiger partial charge on any atom is -0.456 e. The first-order valence-electron chi connectivity index (χ1n) is 17.9. The molecule has 0 atom stereocenters. The Bertz CT molecular complexity index is 2920. The van der Waals surface area contributed by atoms with Crippen molar-refractivity contribution in [1.82, 2.24) is 9.97 Å². The summed E-state index contributed by atoms with van der Waals surface area (Å²) in [6.45, 7) is 0. The number of hydrogen-bond donors (Lipinski definition) is 0. The molecule has 0 spiro atoms. The number of nitrogens with zero attached hydrogens (tertiary/aromatic N) is 2. The molecule has 10 aromatic rings. The summed E-state index contributed by atoms with van der Waals surface area (Å²) in [5.74, 6) is 0.686. The van der Waals surface area contributed by atoms with Crippen molar-refractivity contribution in [3.8, 4) is 67.3 Å². The highest BCUT2D eigenvalue weighted by molar-refractivity contribution is 6.06. The molecule has 2 aromatic heterocycles. The summed E-state index contributed by atoms with van der Waals surface area (Å²) >= 11 is 0. The van der Waals surface area contributed by atoms with Crippen LogP contribution in [0.1, 0.15) is 0 Å². The van der Waals surface area contributed by atoms with E-state index in [0.29, 0.717) is 5.82 Å². The highest BCUT2D eigenvalue weighted by Crippen LogP contribution is 2.39. The SMILES string of the molecule is c1ccc(-c2ccc(-c3cc(-c4cc(-c5ccc6c(c5)oc5ccccc56)cc(-c5cccc6ccccc56)c4)nc(-c4ccccc4)n3)cc2)cc1. The summed E-state index contributed by atoms with van der Waals surface area (Å²) in [5, 5.41) is 4.65. The molecule has 0 amide bonds. The second-order valence-corrected chi connectivity index (χ2v) is 13.4. The van der Waals surface area contributed by atoms with Crippen molar-refractivity contribution in [2.45, 2.75) is 0 Å². The minimum absolute atomic E-state index is 0.686. The smallest absolute Gasteiger partial charge is 0.160 e. The van der Waals surface area contributed by atoms with Crippen LogP contribution in [-0.4, -0.2) is 9.97 Å². The highest BCUT2D eigenvalue weighted by Gasteiger charge is 2.16. The van der Waals surface area contributed by atoms with Gasteiger partial charge in [0.1, 0.15) is 11.2 Å². The summed E-state index contributed by atoms with van der Waals surface area (Å²) in [6.07, 6.45) is 0. The predicted octanol–water partition coefficient (Wildman–Crippen LogP) is 13.5. The summed E-state index contributed by atoms with van der Waals surface area (Å²) in [7, 11) is 0. The van der Waals surface area contributed by atoms with Crippen LogP contribution in [-0.2, 0) is 0 Å². The molecule has 0 fully saturated rings. The number of hydrogen-bond acceptors (Lipinski definition) is 3. The molecule has 0 aliphatic carbocycles. The number of para-hydroxylation sites is 1. The van der Waals surface area contributed by atoms with Gasteiger partial charge in [0.05, 0.1) is 11.4 Å². The van der Waals surface area contributed by atoms with Gasteiger partial charge in [-0.05, 0) is 86.6 Å². The van der Waals surface area contributed by atoms with Gasteiger partial charge >= 0.3 is 0 Å². The molecule has 0 N–H and O–H groups in total. The van der Waals surface area contributed by atoms with Gasteiger partial charge in [-0.25, -0.2) is 9.97 Å². The van der Waals surface area contributed by atoms with E-state index in [4.69, 9.17) is 14.4 Å². The standard InChI is InChI=1S/C50H32N2O/c1-3-12-33(13-4-1)34-22-24-36(25-23-34)46-32-47(52-50(51-46)37-15-5-2-6-16-37)41-29-39(28-40(30-41)43-20-11-17-35-14-7-8-18-42(35)43)38-26-27-45-44-19-9-10-21-48(44)53-49(45)31-38/h1-32H. The zero-order chi connectivity index (χ0) is 35.1. The molecule has 10 rings (SSSR count). The molecule has 248 valence electrons. The Balaban J connectivity index is 1.18. The lowest BCUT2D eigenvalue weighted by Crippen LogP contribution is -1.96. The zero-order valence-corrected chi connectivity index (χ0v) is 28.8. The summed E-state index contributed by atoms with van der Waals surface area (Å²) < 4.78 is 6.35. The maximum absolute atomic E-state index is 6.35. The number of furan rings is 1. The van der Waals surface area contributed by atoms with E-state index in [9.17, 15) is 0 Å². The van der Waals surface area contributed by atoms with E-state index in [1.807, 2.05) is 36.4 Å². The third-order valence-electron chi connectivity index (χ3n) is 10.1. The quantitative estimate of drug-likeness (QED) is 0.176. The fourth-order valence-electron chi connectivity index (χ4n) is 7.40. The molecule has 8 aromatic carbocycles. The van der Waals surface area contributed by atoms with E-state index in [1.165, 1.54) is 27.5 Å². The first-order chi connectivity index (χ1) is 26.2. The average molecular weight is 677 g/mol. The molecule has 0 bridgehead atoms. The molecule has 0 radical (unpaired) electrons. The molecule has 0 unspecified atom stereocenters. The molecule has 0 aliphatic heterocycles. The van der Waals surface area contributed by atoms with E-state index >= 15 is 0 Å². The zero-order valence-electron chi connectivity index (χ0n) is 28.8. The number of fused-ring (bicyclic) bond motifs is 4. The molecule has 0 saturated heterocycles. The third-order valence-corrected chi connectivity index (χ3v) is 10.1. The summed E-state index contributed by atoms with van der Waals surface area (Å²) in [5.41, 5.74) is 13.3. The van der Waals surface area contributed by atoms with Gasteiger partial charge in [0.2, 0.25) is 0 Å². The Morgan fingerprint density at radius 2 is 0.868 bits per heavy atom. The highest BCUT2D eigenvalue weighted by atomic mass is 16.3. The van der Waals surface area contributed by atoms with Crippen LogP contribution in [0.25, 0.3) is 100.0 Å². The van der Waals surface area contributed by atoms with Gasteiger partial charge in [-0.1, -0.05) is 152 Å². The van der Waals surface area contributed by atoms with Gasteiger partial charge in [0.15, 0.2) is 5.82 Å². The fourth-order valence-corrected chi connectivity index (χ4v) is 7.40. The van der Waals surface area contributed by atoms with Crippen LogP contribution in [0.4, 0.5) is 0 Å². The third kappa shape index (κ3) is 5.75. The molecule has 53 heavy (non-hydrogen) atoms. The molecule has 0 aliphatic rings. The molecule has 0 saturated carbocycles. The molecular weight excluding hydrogens is 645 g/mol. The summed E-state index contributed by atoms with van der Waals surface area (Å²) in [4.78, 5) is 10.4. The van der Waals surface area contributed by atoms with Crippen LogP contribution in [0, 0.1) is 0 Å². The van der Waals surface area contributed by atoms with E-state index < -0.39 is 0 Å². The van der Waals surface area contributed by atoms with Gasteiger partial charge < -0.3 is 4.42 Å². The topological polar surface area (TPSA) is 38.9 Å². The molecular formula is C50H32N2O. The van der Waals surface area contributed by atoms with Gasteiger partial charge in [0, 0.05) is 27.5 Å². The number of aromatic nitrogens is 2. The Kier molecular flexibility index (Phi) is 7.47. The van der Waals surface area contributed by atoms with Gasteiger partial charge in [-0.2, -0.15) is 0 Å². The van der Waals surface area contributed by atoms with Gasteiger partial charge in [-0.15, -0.1) is 0 Å².